The Kier molecular flexibility index (Phi) is 4.07. The number of methoxy groups -OCH3 is 1. The molecule has 0 amide bonds. The first kappa shape index (κ1) is 14.8. The van der Waals surface area contributed by atoms with Gasteiger partial charge in [-0.3, -0.25) is 14.4 Å². The minimum Gasteiger partial charge on any atom is -0.492 e. The molecule has 110 valence electrons. The number of hydrogen-bond donors (Lipinski definition) is 1. The van der Waals surface area contributed by atoms with Gasteiger partial charge in [-0.15, -0.1) is 0 Å². The number of aromatic amines is 1. The van der Waals surface area contributed by atoms with Gasteiger partial charge < -0.3 is 14.5 Å². The van der Waals surface area contributed by atoms with E-state index in [9.17, 15) is 14.4 Å². The van der Waals surface area contributed by atoms with Crippen LogP contribution in [0.2, 0.25) is 0 Å². The Morgan fingerprint density at radius 3 is 2.71 bits per heavy atom. The van der Waals surface area contributed by atoms with Crippen molar-refractivity contribution in [1.29, 1.82) is 0 Å². The Bertz CT molecular complexity index is 678. The molecule has 0 aliphatic heterocycles. The number of carbonyl (C=O) groups excluding carboxylic acids is 3. The molecule has 1 heterocycles. The minimum atomic E-state index is -0.374. The van der Waals surface area contributed by atoms with Crippen molar-refractivity contribution in [3.8, 4) is 0 Å². The fourth-order valence-corrected chi connectivity index (χ4v) is 2.11. The molecule has 1 aliphatic rings. The highest BCUT2D eigenvalue weighted by Crippen LogP contribution is 2.27. The molecular formula is C15H15NO5. The summed E-state index contributed by atoms with van der Waals surface area (Å²) in [4.78, 5) is 37.7. The summed E-state index contributed by atoms with van der Waals surface area (Å²) in [5.74, 6) is -0.962. The molecule has 0 bridgehead atoms. The fourth-order valence-electron chi connectivity index (χ4n) is 2.11. The number of aromatic nitrogens is 1. The molecule has 0 atom stereocenters. The van der Waals surface area contributed by atoms with Crippen LogP contribution in [0, 0.1) is 6.92 Å². The molecule has 1 aliphatic carbocycles. The van der Waals surface area contributed by atoms with Crippen LogP contribution in [0.25, 0.3) is 6.08 Å². The third-order valence-electron chi connectivity index (χ3n) is 3.14. The van der Waals surface area contributed by atoms with Crippen LogP contribution in [0.4, 0.5) is 0 Å². The molecule has 2 rings (SSSR count). The lowest BCUT2D eigenvalue weighted by Crippen LogP contribution is -2.17. The van der Waals surface area contributed by atoms with E-state index in [4.69, 9.17) is 9.47 Å². The molecule has 6 nitrogen and oxygen atoms in total. The highest BCUT2D eigenvalue weighted by atomic mass is 16.5. The third kappa shape index (κ3) is 2.79. The molecule has 0 aromatic carbocycles. The quantitative estimate of drug-likeness (QED) is 0.854. The van der Waals surface area contributed by atoms with E-state index in [-0.39, 0.29) is 35.6 Å². The standard InChI is InChI=1S/C15H15NO5/c1-8-10(5-4-6-21-9(2)17)16-14-11(18)7-12(20-3)15(19)13(8)14/h4-5,7,16H,6H2,1-3H3/b5-4+. The van der Waals surface area contributed by atoms with Gasteiger partial charge in [0.15, 0.2) is 5.76 Å². The van der Waals surface area contributed by atoms with E-state index in [1.165, 1.54) is 20.1 Å². The lowest BCUT2D eigenvalue weighted by atomic mass is 9.97. The van der Waals surface area contributed by atoms with Gasteiger partial charge in [-0.2, -0.15) is 0 Å². The van der Waals surface area contributed by atoms with Gasteiger partial charge in [0.2, 0.25) is 11.6 Å². The van der Waals surface area contributed by atoms with Crippen LogP contribution in [-0.4, -0.2) is 36.2 Å². The summed E-state index contributed by atoms with van der Waals surface area (Å²) >= 11 is 0. The van der Waals surface area contributed by atoms with Crippen LogP contribution in [0.1, 0.15) is 39.0 Å². The van der Waals surface area contributed by atoms with Crippen LogP contribution in [-0.2, 0) is 14.3 Å². The SMILES string of the molecule is COC1=CC(=O)c2[nH]c(/C=C/COC(C)=O)c(C)c2C1=O. The largest absolute Gasteiger partial charge is 0.492 e. The third-order valence-corrected chi connectivity index (χ3v) is 3.14. The second kappa shape index (κ2) is 5.78. The minimum absolute atomic E-state index is 0.0324. The number of esters is 1. The van der Waals surface area contributed by atoms with Crippen molar-refractivity contribution >= 4 is 23.6 Å². The Labute approximate surface area is 121 Å². The van der Waals surface area contributed by atoms with Crippen LogP contribution < -0.4 is 0 Å². The monoisotopic (exact) mass is 289 g/mol. The van der Waals surface area contributed by atoms with Crippen molar-refractivity contribution in [2.75, 3.05) is 13.7 Å². The van der Waals surface area contributed by atoms with Gasteiger partial charge in [-0.05, 0) is 24.6 Å². The summed E-state index contributed by atoms with van der Waals surface area (Å²) in [5.41, 5.74) is 1.86. The van der Waals surface area contributed by atoms with Crippen molar-refractivity contribution in [2.45, 2.75) is 13.8 Å². The molecule has 0 fully saturated rings. The number of ether oxygens (including phenoxy) is 2. The number of hydrogen-bond acceptors (Lipinski definition) is 5. The average molecular weight is 289 g/mol. The number of carbonyl (C=O) groups is 3. The molecule has 0 saturated heterocycles. The number of Topliss-reactive ketones (excluding diaryl/α,β-unsaturated/α-hetero) is 1. The van der Waals surface area contributed by atoms with Gasteiger partial charge in [0.25, 0.3) is 0 Å². The Morgan fingerprint density at radius 1 is 1.38 bits per heavy atom. The van der Waals surface area contributed by atoms with Gasteiger partial charge >= 0.3 is 5.97 Å². The Balaban J connectivity index is 2.30. The Morgan fingerprint density at radius 2 is 2.10 bits per heavy atom. The van der Waals surface area contributed by atoms with E-state index in [2.05, 4.69) is 4.98 Å². The summed E-state index contributed by atoms with van der Waals surface area (Å²) in [7, 11) is 1.35. The fraction of sp³-hybridized carbons (Fsp3) is 0.267. The summed E-state index contributed by atoms with van der Waals surface area (Å²) in [6.45, 7) is 3.19. The second-order valence-electron chi connectivity index (χ2n) is 4.52. The first-order chi connectivity index (χ1) is 9.95. The van der Waals surface area contributed by atoms with Crippen molar-refractivity contribution in [3.05, 3.63) is 40.4 Å². The van der Waals surface area contributed by atoms with Crippen molar-refractivity contribution < 1.29 is 23.9 Å². The molecule has 6 heteroatoms. The highest BCUT2D eigenvalue weighted by molar-refractivity contribution is 6.24. The summed E-state index contributed by atoms with van der Waals surface area (Å²) in [5, 5.41) is 0. The molecule has 21 heavy (non-hydrogen) atoms. The molecule has 0 radical (unpaired) electrons. The van der Waals surface area contributed by atoms with Crippen LogP contribution in [0.15, 0.2) is 17.9 Å². The maximum atomic E-state index is 12.2. The molecule has 1 N–H and O–H groups in total. The van der Waals surface area contributed by atoms with Gasteiger partial charge in [-0.1, -0.05) is 0 Å². The predicted octanol–water partition coefficient (Wildman–Crippen LogP) is 1.81. The summed E-state index contributed by atoms with van der Waals surface area (Å²) < 4.78 is 9.70. The van der Waals surface area contributed by atoms with E-state index in [1.807, 2.05) is 0 Å². The summed E-state index contributed by atoms with van der Waals surface area (Å²) in [6.07, 6.45) is 4.47. The molecule has 1 aromatic rings. The first-order valence-electron chi connectivity index (χ1n) is 6.33. The number of nitrogens with one attached hydrogen (secondary N) is 1. The topological polar surface area (TPSA) is 85.5 Å². The number of allylic oxidation sites excluding steroid dienone is 2. The molecule has 0 unspecified atom stereocenters. The van der Waals surface area contributed by atoms with Crippen molar-refractivity contribution in [2.24, 2.45) is 0 Å². The normalized spacial score (nSPS) is 14.1. The van der Waals surface area contributed by atoms with Crippen molar-refractivity contribution in [3.63, 3.8) is 0 Å². The summed E-state index contributed by atoms with van der Waals surface area (Å²) in [6, 6.07) is 0. The second-order valence-corrected chi connectivity index (χ2v) is 4.52. The van der Waals surface area contributed by atoms with Gasteiger partial charge in [-0.25, -0.2) is 0 Å². The van der Waals surface area contributed by atoms with Crippen LogP contribution >= 0.6 is 0 Å². The van der Waals surface area contributed by atoms with Crippen LogP contribution in [0.5, 0.6) is 0 Å². The highest BCUT2D eigenvalue weighted by Gasteiger charge is 2.30. The predicted molar refractivity (Wildman–Crippen MR) is 74.9 cm³/mol. The first-order valence-corrected chi connectivity index (χ1v) is 6.33. The zero-order valence-corrected chi connectivity index (χ0v) is 12.0. The van der Waals surface area contributed by atoms with E-state index in [1.54, 1.807) is 19.1 Å². The molecular weight excluding hydrogens is 274 g/mol. The van der Waals surface area contributed by atoms with E-state index in [0.717, 1.165) is 0 Å². The smallest absolute Gasteiger partial charge is 0.302 e. The maximum absolute atomic E-state index is 12.2. The average Bonchev–Trinajstić information content (AvgIpc) is 2.77. The number of fused-ring (bicyclic) bond motifs is 1. The maximum Gasteiger partial charge on any atom is 0.302 e. The number of ketones is 2. The van der Waals surface area contributed by atoms with E-state index < -0.39 is 0 Å². The van der Waals surface area contributed by atoms with Crippen molar-refractivity contribution in [1.82, 2.24) is 4.98 Å². The zero-order chi connectivity index (χ0) is 15.6. The number of rotatable bonds is 4. The van der Waals surface area contributed by atoms with E-state index >= 15 is 0 Å². The van der Waals surface area contributed by atoms with Gasteiger partial charge in [0.05, 0.1) is 18.4 Å². The molecule has 1 aromatic heterocycles. The lowest BCUT2D eigenvalue weighted by Gasteiger charge is -2.10. The Hall–Kier alpha value is -2.63. The van der Waals surface area contributed by atoms with Gasteiger partial charge in [0.1, 0.15) is 6.61 Å². The zero-order valence-electron chi connectivity index (χ0n) is 12.0. The number of H-pyrrole nitrogens is 1. The molecule has 0 saturated carbocycles. The van der Waals surface area contributed by atoms with Gasteiger partial charge in [0, 0.05) is 18.7 Å². The molecule has 0 spiro atoms. The lowest BCUT2D eigenvalue weighted by molar-refractivity contribution is -0.139. The van der Waals surface area contributed by atoms with E-state index in [0.29, 0.717) is 16.8 Å². The van der Waals surface area contributed by atoms with Crippen LogP contribution in [0.3, 0.4) is 0 Å².